The lowest BCUT2D eigenvalue weighted by molar-refractivity contribution is -0.152. The van der Waals surface area contributed by atoms with E-state index in [0.717, 1.165) is 20.9 Å². The molecule has 1 aliphatic carbocycles. The summed E-state index contributed by atoms with van der Waals surface area (Å²) in [5.74, 6) is -2.97. The number of thiophene rings is 1. The van der Waals surface area contributed by atoms with E-state index in [0.29, 0.717) is 34.7 Å². The molecule has 1 aliphatic heterocycles. The molecule has 0 saturated carbocycles. The summed E-state index contributed by atoms with van der Waals surface area (Å²) in [4.78, 5) is 43.0. The van der Waals surface area contributed by atoms with Crippen molar-refractivity contribution in [1.82, 2.24) is 5.32 Å². The monoisotopic (exact) mass is 523 g/mol. The Bertz CT molecular complexity index is 1300. The van der Waals surface area contributed by atoms with E-state index in [4.69, 9.17) is 14.2 Å². The second-order valence-electron chi connectivity index (χ2n) is 9.22. The molecule has 8 heteroatoms. The standard InChI is InChI=1S/C29H33NO6S/c1-7-35-28(32)23-16(4)30-21-14-20(18-11-9-10-12-22(18)34-6)25(29(33)36-8-2)27(31)26(21)24(23)19-13-15(3)37-17(19)5/h9-13,20,24-25,30H,7-8,14H2,1-6H3/t20-,24-,25+/m1/s1. The summed E-state index contributed by atoms with van der Waals surface area (Å²) in [7, 11) is 1.57. The second kappa shape index (κ2) is 10.9. The van der Waals surface area contributed by atoms with Crippen LogP contribution in [0.1, 0.15) is 59.9 Å². The van der Waals surface area contributed by atoms with Gasteiger partial charge in [0.2, 0.25) is 0 Å². The van der Waals surface area contributed by atoms with E-state index in [9.17, 15) is 14.4 Å². The minimum atomic E-state index is -1.07. The van der Waals surface area contributed by atoms with Gasteiger partial charge in [0.25, 0.3) is 0 Å². The number of rotatable bonds is 7. The van der Waals surface area contributed by atoms with Crippen LogP contribution in [0, 0.1) is 19.8 Å². The Morgan fingerprint density at radius 1 is 1.05 bits per heavy atom. The summed E-state index contributed by atoms with van der Waals surface area (Å²) in [6.07, 6.45) is 0.386. The predicted octanol–water partition coefficient (Wildman–Crippen LogP) is 5.09. The number of hydrogen-bond donors (Lipinski definition) is 1. The van der Waals surface area contributed by atoms with Gasteiger partial charge in [-0.25, -0.2) is 4.79 Å². The Labute approximate surface area is 221 Å². The van der Waals surface area contributed by atoms with Crippen molar-refractivity contribution in [3.63, 3.8) is 0 Å². The first-order valence-corrected chi connectivity index (χ1v) is 13.3. The molecule has 2 heterocycles. The number of carbonyl (C=O) groups is 3. The maximum Gasteiger partial charge on any atom is 0.336 e. The Kier molecular flexibility index (Phi) is 7.87. The normalized spacial score (nSPS) is 21.4. The quantitative estimate of drug-likeness (QED) is 0.399. The van der Waals surface area contributed by atoms with Crippen molar-refractivity contribution < 1.29 is 28.6 Å². The first-order chi connectivity index (χ1) is 17.7. The Morgan fingerprint density at radius 3 is 2.38 bits per heavy atom. The third kappa shape index (κ3) is 4.82. The van der Waals surface area contributed by atoms with Crippen molar-refractivity contribution in [2.45, 2.75) is 52.9 Å². The van der Waals surface area contributed by atoms with E-state index in [1.807, 2.05) is 51.1 Å². The minimum absolute atomic E-state index is 0.158. The molecule has 0 unspecified atom stereocenters. The highest BCUT2D eigenvalue weighted by atomic mass is 32.1. The van der Waals surface area contributed by atoms with Crippen LogP contribution >= 0.6 is 11.3 Å². The summed E-state index contributed by atoms with van der Waals surface area (Å²) in [5.41, 5.74) is 3.83. The number of aryl methyl sites for hydroxylation is 2. The lowest BCUT2D eigenvalue weighted by Crippen LogP contribution is -2.43. The molecule has 2 aromatic rings. The maximum atomic E-state index is 14.4. The van der Waals surface area contributed by atoms with Crippen LogP contribution in [-0.4, -0.2) is 38.0 Å². The molecule has 0 fully saturated rings. The Morgan fingerprint density at radius 2 is 1.76 bits per heavy atom. The number of para-hydroxylation sites is 1. The third-order valence-electron chi connectivity index (χ3n) is 6.98. The van der Waals surface area contributed by atoms with Crippen LogP contribution in [-0.2, 0) is 23.9 Å². The van der Waals surface area contributed by atoms with Crippen LogP contribution in [0.3, 0.4) is 0 Å². The summed E-state index contributed by atoms with van der Waals surface area (Å²) in [5, 5.41) is 3.34. The SMILES string of the molecule is CCOC(=O)C1=C(C)NC2=C(C(=O)[C@@H](C(=O)OCC)[C@@H](c3ccccc3OC)C2)[C@@H]1c1cc(C)sc1C. The number of dihydropyridines is 1. The van der Waals surface area contributed by atoms with Crippen molar-refractivity contribution in [2.24, 2.45) is 5.92 Å². The zero-order chi connectivity index (χ0) is 26.9. The second-order valence-corrected chi connectivity index (χ2v) is 10.7. The predicted molar refractivity (Wildman–Crippen MR) is 142 cm³/mol. The molecule has 3 atom stereocenters. The van der Waals surface area contributed by atoms with Gasteiger partial charge in [0, 0.05) is 38.6 Å². The van der Waals surface area contributed by atoms with Gasteiger partial charge < -0.3 is 19.5 Å². The van der Waals surface area contributed by atoms with E-state index in [1.165, 1.54) is 0 Å². The van der Waals surface area contributed by atoms with Gasteiger partial charge in [-0.05, 0) is 64.3 Å². The minimum Gasteiger partial charge on any atom is -0.496 e. The molecule has 1 aromatic heterocycles. The largest absolute Gasteiger partial charge is 0.496 e. The molecule has 2 aliphatic rings. The molecule has 4 rings (SSSR count). The number of methoxy groups -OCH3 is 1. The van der Waals surface area contributed by atoms with Gasteiger partial charge in [-0.1, -0.05) is 18.2 Å². The molecule has 1 N–H and O–H groups in total. The average Bonchev–Trinajstić information content (AvgIpc) is 3.20. The van der Waals surface area contributed by atoms with Gasteiger partial charge >= 0.3 is 11.9 Å². The van der Waals surface area contributed by atoms with Gasteiger partial charge in [-0.2, -0.15) is 0 Å². The number of carbonyl (C=O) groups excluding carboxylic acids is 3. The average molecular weight is 524 g/mol. The van der Waals surface area contributed by atoms with E-state index >= 15 is 0 Å². The van der Waals surface area contributed by atoms with E-state index in [2.05, 4.69) is 5.32 Å². The van der Waals surface area contributed by atoms with Gasteiger partial charge in [0.05, 0.1) is 25.9 Å². The van der Waals surface area contributed by atoms with Crippen LogP contribution in [0.4, 0.5) is 0 Å². The van der Waals surface area contributed by atoms with Crippen LogP contribution in [0.2, 0.25) is 0 Å². The van der Waals surface area contributed by atoms with Gasteiger partial charge in [0.1, 0.15) is 11.7 Å². The van der Waals surface area contributed by atoms with Gasteiger partial charge in [-0.3, -0.25) is 9.59 Å². The first-order valence-electron chi connectivity index (χ1n) is 12.5. The van der Waals surface area contributed by atoms with E-state index in [-0.39, 0.29) is 19.0 Å². The molecule has 196 valence electrons. The fourth-order valence-electron chi connectivity index (χ4n) is 5.53. The molecule has 0 bridgehead atoms. The number of esters is 2. The smallest absolute Gasteiger partial charge is 0.336 e. The number of ether oxygens (including phenoxy) is 3. The topological polar surface area (TPSA) is 90.9 Å². The molecular formula is C29H33NO6S. The van der Waals surface area contributed by atoms with E-state index < -0.39 is 29.7 Å². The van der Waals surface area contributed by atoms with Crippen molar-refractivity contribution in [1.29, 1.82) is 0 Å². The number of Topliss-reactive ketones (excluding diaryl/α,β-unsaturated/α-hetero) is 1. The summed E-state index contributed by atoms with van der Waals surface area (Å²) in [6.45, 7) is 9.67. The molecule has 0 spiro atoms. The number of allylic oxidation sites excluding steroid dienone is 3. The first kappa shape index (κ1) is 26.7. The van der Waals surface area contributed by atoms with Crippen molar-refractivity contribution in [2.75, 3.05) is 20.3 Å². The van der Waals surface area contributed by atoms with Crippen LogP contribution in [0.5, 0.6) is 5.75 Å². The fraction of sp³-hybridized carbons (Fsp3) is 0.414. The lowest BCUT2D eigenvalue weighted by atomic mass is 9.67. The van der Waals surface area contributed by atoms with Crippen LogP contribution in [0.25, 0.3) is 0 Å². The number of ketones is 1. The van der Waals surface area contributed by atoms with E-state index in [1.54, 1.807) is 32.3 Å². The zero-order valence-electron chi connectivity index (χ0n) is 22.1. The third-order valence-corrected chi connectivity index (χ3v) is 7.97. The molecular weight excluding hydrogens is 490 g/mol. The molecule has 0 radical (unpaired) electrons. The Balaban J connectivity index is 1.93. The highest BCUT2D eigenvalue weighted by molar-refractivity contribution is 7.12. The fourth-order valence-corrected chi connectivity index (χ4v) is 6.49. The lowest BCUT2D eigenvalue weighted by Gasteiger charge is -2.39. The Hall–Kier alpha value is -3.39. The number of benzene rings is 1. The highest BCUT2D eigenvalue weighted by Gasteiger charge is 2.50. The molecule has 0 saturated heterocycles. The summed E-state index contributed by atoms with van der Waals surface area (Å²) in [6, 6.07) is 9.45. The molecule has 7 nitrogen and oxygen atoms in total. The van der Waals surface area contributed by atoms with Crippen molar-refractivity contribution >= 4 is 29.1 Å². The van der Waals surface area contributed by atoms with Crippen molar-refractivity contribution in [3.8, 4) is 5.75 Å². The number of hydrogen-bond acceptors (Lipinski definition) is 8. The maximum absolute atomic E-state index is 14.4. The molecule has 1 aromatic carbocycles. The molecule has 0 amide bonds. The van der Waals surface area contributed by atoms with Gasteiger partial charge in [0.15, 0.2) is 5.78 Å². The zero-order valence-corrected chi connectivity index (χ0v) is 22.9. The highest BCUT2D eigenvalue weighted by Crippen LogP contribution is 2.50. The van der Waals surface area contributed by atoms with Gasteiger partial charge in [-0.15, -0.1) is 11.3 Å². The van der Waals surface area contributed by atoms with Crippen LogP contribution < -0.4 is 10.1 Å². The summed E-state index contributed by atoms with van der Waals surface area (Å²) < 4.78 is 16.4. The van der Waals surface area contributed by atoms with Crippen LogP contribution in [0.15, 0.2) is 52.9 Å². The molecule has 37 heavy (non-hydrogen) atoms. The summed E-state index contributed by atoms with van der Waals surface area (Å²) >= 11 is 1.61. The van der Waals surface area contributed by atoms with Crippen molar-refractivity contribution in [3.05, 3.63) is 73.8 Å². The number of nitrogens with one attached hydrogen (secondary N) is 1.